The van der Waals surface area contributed by atoms with E-state index >= 15 is 0 Å². The number of hydrogen-bond donors (Lipinski definition) is 1. The molecule has 2 N–H and O–H groups in total. The van der Waals surface area contributed by atoms with E-state index in [9.17, 15) is 4.91 Å². The van der Waals surface area contributed by atoms with Crippen LogP contribution in [0.1, 0.15) is 45.6 Å². The van der Waals surface area contributed by atoms with Gasteiger partial charge in [-0.05, 0) is 50.0 Å². The minimum absolute atomic E-state index is 0.00608. The van der Waals surface area contributed by atoms with Crippen LogP contribution in [0.25, 0.3) is 0 Å². The third-order valence-corrected chi connectivity index (χ3v) is 8.39. The Balaban J connectivity index is 1.55. The van der Waals surface area contributed by atoms with Crippen LogP contribution in [0.4, 0.5) is 5.69 Å². The van der Waals surface area contributed by atoms with Gasteiger partial charge in [-0.2, -0.15) is 0 Å². The van der Waals surface area contributed by atoms with E-state index in [1.54, 1.807) is 13.2 Å². The molecule has 4 aliphatic rings. The van der Waals surface area contributed by atoms with Gasteiger partial charge >= 0.3 is 0 Å². The molecule has 0 aromatic heterocycles. The topological polar surface area (TPSA) is 98.9 Å². The van der Waals surface area contributed by atoms with Crippen LogP contribution in [0.3, 0.4) is 0 Å². The molecule has 9 nitrogen and oxygen atoms in total. The summed E-state index contributed by atoms with van der Waals surface area (Å²) in [7, 11) is 3.73. The summed E-state index contributed by atoms with van der Waals surface area (Å²) in [5.74, 6) is 2.74. The van der Waals surface area contributed by atoms with Crippen molar-refractivity contribution in [3.05, 3.63) is 57.0 Å². The van der Waals surface area contributed by atoms with Crippen molar-refractivity contribution >= 4 is 5.69 Å². The normalized spacial score (nSPS) is 26.0. The van der Waals surface area contributed by atoms with E-state index in [4.69, 9.17) is 24.7 Å². The van der Waals surface area contributed by atoms with E-state index in [-0.39, 0.29) is 24.9 Å². The van der Waals surface area contributed by atoms with Gasteiger partial charge in [0.1, 0.15) is 12.4 Å². The lowest BCUT2D eigenvalue weighted by Crippen LogP contribution is -2.64. The zero-order valence-electron chi connectivity index (χ0n) is 21.2. The van der Waals surface area contributed by atoms with Crippen molar-refractivity contribution in [3.63, 3.8) is 0 Å². The lowest BCUT2D eigenvalue weighted by Gasteiger charge is -2.57. The first-order chi connectivity index (χ1) is 17.4. The fraction of sp³-hybridized carbons (Fsp3) is 0.481. The van der Waals surface area contributed by atoms with Crippen LogP contribution in [0.15, 0.2) is 23.9 Å². The molecule has 1 fully saturated rings. The molecule has 4 unspecified atom stereocenters. The Morgan fingerprint density at radius 3 is 2.72 bits per heavy atom. The summed E-state index contributed by atoms with van der Waals surface area (Å²) in [5, 5.41) is 3.49. The number of methoxy groups -OCH3 is 1. The van der Waals surface area contributed by atoms with Crippen LogP contribution in [0, 0.1) is 18.8 Å². The molecule has 2 aromatic rings. The van der Waals surface area contributed by atoms with E-state index in [1.165, 1.54) is 5.56 Å². The van der Waals surface area contributed by atoms with E-state index < -0.39 is 6.17 Å². The van der Waals surface area contributed by atoms with Crippen molar-refractivity contribution in [1.82, 2.24) is 9.80 Å². The third kappa shape index (κ3) is 3.06. The van der Waals surface area contributed by atoms with Crippen molar-refractivity contribution in [2.45, 2.75) is 51.0 Å². The van der Waals surface area contributed by atoms with Crippen LogP contribution in [-0.4, -0.2) is 56.0 Å². The number of nitrogens with zero attached hydrogens (tertiary/aromatic N) is 3. The second-order valence-corrected chi connectivity index (χ2v) is 10.1. The van der Waals surface area contributed by atoms with Gasteiger partial charge in [-0.1, -0.05) is 18.7 Å². The molecule has 0 amide bonds. The number of piperazine rings is 1. The predicted octanol–water partition coefficient (Wildman–Crippen LogP) is 3.80. The molecule has 0 radical (unpaired) electrons. The summed E-state index contributed by atoms with van der Waals surface area (Å²) in [5.41, 5.74) is 13.3. The first kappa shape index (κ1) is 23.3. The van der Waals surface area contributed by atoms with Crippen LogP contribution in [-0.2, 0) is 12.8 Å². The highest BCUT2D eigenvalue weighted by Crippen LogP contribution is 2.56. The second-order valence-electron chi connectivity index (χ2n) is 10.1. The average Bonchev–Trinajstić information content (AvgIpc) is 3.34. The number of benzene rings is 2. The van der Waals surface area contributed by atoms with E-state index in [2.05, 4.69) is 34.7 Å². The molecule has 36 heavy (non-hydrogen) atoms. The minimum atomic E-state index is -0.402. The second kappa shape index (κ2) is 8.47. The molecular formula is C27H32N4O5. The lowest BCUT2D eigenvalue weighted by atomic mass is 9.75. The molecule has 0 aliphatic carbocycles. The Morgan fingerprint density at radius 2 is 2.00 bits per heavy atom. The molecule has 6 rings (SSSR count). The summed E-state index contributed by atoms with van der Waals surface area (Å²) in [6.45, 7) is 9.12. The summed E-state index contributed by atoms with van der Waals surface area (Å²) >= 11 is 0. The predicted molar refractivity (Wildman–Crippen MR) is 135 cm³/mol. The lowest BCUT2D eigenvalue weighted by molar-refractivity contribution is -0.0462. The fourth-order valence-corrected chi connectivity index (χ4v) is 6.88. The molecule has 4 heterocycles. The largest absolute Gasteiger partial charge is 0.494 e. The van der Waals surface area contributed by atoms with Crippen LogP contribution in [0.5, 0.6) is 23.0 Å². The van der Waals surface area contributed by atoms with Gasteiger partial charge in [0.25, 0.3) is 0 Å². The molecule has 0 saturated carbocycles. The summed E-state index contributed by atoms with van der Waals surface area (Å²) in [6.07, 6.45) is 2.83. The van der Waals surface area contributed by atoms with Gasteiger partial charge < -0.3 is 24.7 Å². The molecule has 4 atom stereocenters. The number of likely N-dealkylation sites (N-methyl/N-ethyl adjacent to an activating group) is 1. The SMILES string of the molecule is C=CCOc1c(C)c2c(c3c1CC1C4c5c(cc(C)c(OC)c5N=O)CC(CN1C3N)N4C)OCO2. The highest BCUT2D eigenvalue weighted by molar-refractivity contribution is 5.68. The Bertz CT molecular complexity index is 1280. The molecule has 2 bridgehead atoms. The monoisotopic (exact) mass is 492 g/mol. The number of ether oxygens (including phenoxy) is 4. The van der Waals surface area contributed by atoms with Crippen molar-refractivity contribution < 1.29 is 18.9 Å². The first-order valence-electron chi connectivity index (χ1n) is 12.4. The van der Waals surface area contributed by atoms with Crippen molar-refractivity contribution in [2.24, 2.45) is 10.9 Å². The standard InChI is InChI=1S/C27H32N4O5/c1-6-7-34-24-14(3)25-26(36-12-35-25)20-17(24)10-18-22-19-15(8-13(2)23(33-5)21(19)29-32)9-16(30(22)4)11-31(18)27(20)28/h6,8,16,18,22,27H,1,7,9-12,28H2,2-5H3. The molecule has 190 valence electrons. The zero-order valence-corrected chi connectivity index (χ0v) is 21.2. The summed E-state index contributed by atoms with van der Waals surface area (Å²) in [4.78, 5) is 16.9. The zero-order chi connectivity index (χ0) is 25.3. The number of hydrogen-bond acceptors (Lipinski definition) is 9. The van der Waals surface area contributed by atoms with Crippen molar-refractivity contribution in [3.8, 4) is 23.0 Å². The maximum absolute atomic E-state index is 12.2. The van der Waals surface area contributed by atoms with Crippen molar-refractivity contribution in [1.29, 1.82) is 0 Å². The van der Waals surface area contributed by atoms with Gasteiger partial charge in [-0.15, -0.1) is 4.91 Å². The maximum Gasteiger partial charge on any atom is 0.231 e. The average molecular weight is 493 g/mol. The number of aryl methyl sites for hydroxylation is 1. The van der Waals surface area contributed by atoms with Gasteiger partial charge in [0.2, 0.25) is 6.79 Å². The summed E-state index contributed by atoms with van der Waals surface area (Å²) in [6, 6.07) is 2.34. The maximum atomic E-state index is 12.2. The van der Waals surface area contributed by atoms with E-state index in [0.29, 0.717) is 30.2 Å². The van der Waals surface area contributed by atoms with E-state index in [1.807, 2.05) is 13.8 Å². The smallest absolute Gasteiger partial charge is 0.231 e. The van der Waals surface area contributed by atoms with Gasteiger partial charge in [0, 0.05) is 40.9 Å². The van der Waals surface area contributed by atoms with Crippen LogP contribution in [0.2, 0.25) is 0 Å². The summed E-state index contributed by atoms with van der Waals surface area (Å²) < 4.78 is 23.6. The molecule has 1 saturated heterocycles. The van der Waals surface area contributed by atoms with Crippen LogP contribution >= 0.6 is 0 Å². The molecule has 2 aromatic carbocycles. The minimum Gasteiger partial charge on any atom is -0.494 e. The van der Waals surface area contributed by atoms with E-state index in [0.717, 1.165) is 52.3 Å². The Hall–Kier alpha value is -3.14. The molecule has 4 aliphatic heterocycles. The first-order valence-corrected chi connectivity index (χ1v) is 12.4. The number of rotatable bonds is 5. The molecular weight excluding hydrogens is 460 g/mol. The Labute approximate surface area is 210 Å². The fourth-order valence-electron chi connectivity index (χ4n) is 6.88. The third-order valence-electron chi connectivity index (χ3n) is 8.39. The number of nitroso groups, excluding NO2 is 1. The van der Waals surface area contributed by atoms with Crippen molar-refractivity contribution in [2.75, 3.05) is 34.1 Å². The molecule has 0 spiro atoms. The Morgan fingerprint density at radius 1 is 1.22 bits per heavy atom. The van der Waals surface area contributed by atoms with Gasteiger partial charge in [0.15, 0.2) is 22.9 Å². The highest BCUT2D eigenvalue weighted by atomic mass is 16.7. The van der Waals surface area contributed by atoms with Gasteiger partial charge in [0.05, 0.1) is 19.3 Å². The molecule has 9 heteroatoms. The Kier molecular flexibility index (Phi) is 5.47. The van der Waals surface area contributed by atoms with Crippen LogP contribution < -0.4 is 24.7 Å². The highest BCUT2D eigenvalue weighted by Gasteiger charge is 2.52. The quantitative estimate of drug-likeness (QED) is 0.497. The van der Waals surface area contributed by atoms with Gasteiger partial charge in [-0.25, -0.2) is 0 Å². The van der Waals surface area contributed by atoms with Gasteiger partial charge in [-0.3, -0.25) is 9.80 Å². The number of nitrogens with two attached hydrogens (primary N) is 1. The number of fused-ring (bicyclic) bond motifs is 9.